The second kappa shape index (κ2) is 8.01. The van der Waals surface area contributed by atoms with Gasteiger partial charge in [0.1, 0.15) is 5.82 Å². The number of rotatable bonds is 5. The van der Waals surface area contributed by atoms with E-state index in [1.807, 2.05) is 0 Å². The molecule has 1 aromatic carbocycles. The van der Waals surface area contributed by atoms with Gasteiger partial charge in [0.05, 0.1) is 12.3 Å². The van der Waals surface area contributed by atoms with Gasteiger partial charge in [-0.1, -0.05) is 30.3 Å². The first kappa shape index (κ1) is 17.2. The first-order valence-electron chi connectivity index (χ1n) is 9.51. The van der Waals surface area contributed by atoms with Gasteiger partial charge < -0.3 is 15.4 Å². The molecule has 0 spiro atoms. The molecule has 0 bridgehead atoms. The minimum absolute atomic E-state index is 0.353. The van der Waals surface area contributed by atoms with Gasteiger partial charge in [0.2, 0.25) is 5.95 Å². The Morgan fingerprint density at radius 2 is 1.88 bits per heavy atom. The van der Waals surface area contributed by atoms with E-state index in [2.05, 4.69) is 56.2 Å². The third kappa shape index (κ3) is 4.14. The summed E-state index contributed by atoms with van der Waals surface area (Å²) in [4.78, 5) is 13.8. The largest absolute Gasteiger partial charge is 0.381 e. The summed E-state index contributed by atoms with van der Waals surface area (Å²) >= 11 is 0. The number of anilines is 2. The minimum atomic E-state index is 0.353. The highest BCUT2D eigenvalue weighted by atomic mass is 16.5. The first-order valence-corrected chi connectivity index (χ1v) is 9.51. The molecular weight excluding hydrogens is 326 g/mol. The second-order valence-electron chi connectivity index (χ2n) is 7.13. The van der Waals surface area contributed by atoms with Crippen LogP contribution in [0, 0.1) is 0 Å². The lowest BCUT2D eigenvalue weighted by Crippen LogP contribution is -2.47. The third-order valence-electron chi connectivity index (χ3n) is 5.35. The van der Waals surface area contributed by atoms with E-state index in [1.54, 1.807) is 0 Å². The average Bonchev–Trinajstić information content (AvgIpc) is 3.22. The summed E-state index contributed by atoms with van der Waals surface area (Å²) in [6, 6.07) is 12.8. The zero-order valence-electron chi connectivity index (χ0n) is 15.2. The van der Waals surface area contributed by atoms with Gasteiger partial charge in [0.25, 0.3) is 0 Å². The Morgan fingerprint density at radius 3 is 2.62 bits per heavy atom. The summed E-state index contributed by atoms with van der Waals surface area (Å²) in [6.07, 6.45) is 2.12. The number of nitrogen functional groups attached to an aromatic ring is 1. The lowest BCUT2D eigenvalue weighted by Gasteiger charge is -2.35. The summed E-state index contributed by atoms with van der Waals surface area (Å²) in [5.41, 5.74) is 8.40. The van der Waals surface area contributed by atoms with Crippen molar-refractivity contribution in [3.05, 3.63) is 47.7 Å². The van der Waals surface area contributed by atoms with Crippen molar-refractivity contribution in [3.8, 4) is 0 Å². The molecule has 0 aliphatic carbocycles. The number of benzene rings is 1. The molecule has 1 atom stereocenters. The van der Waals surface area contributed by atoms with E-state index in [1.165, 1.54) is 5.56 Å². The van der Waals surface area contributed by atoms with Crippen molar-refractivity contribution in [1.29, 1.82) is 0 Å². The molecule has 0 radical (unpaired) electrons. The van der Waals surface area contributed by atoms with Crippen LogP contribution in [0.1, 0.15) is 23.6 Å². The maximum atomic E-state index is 5.97. The van der Waals surface area contributed by atoms with E-state index in [9.17, 15) is 0 Å². The van der Waals surface area contributed by atoms with Crippen LogP contribution in [0.4, 0.5) is 11.8 Å². The van der Waals surface area contributed by atoms with E-state index in [0.29, 0.717) is 11.9 Å². The SMILES string of the molecule is Nc1nc([C@@H]2CCOC2)cc(N2CCN(CCc3ccccc3)CC2)n1. The quantitative estimate of drug-likeness (QED) is 0.886. The number of nitrogens with zero attached hydrogens (tertiary/aromatic N) is 4. The van der Waals surface area contributed by atoms with E-state index >= 15 is 0 Å². The fraction of sp³-hybridized carbons (Fsp3) is 0.500. The fourth-order valence-corrected chi connectivity index (χ4v) is 3.74. The molecule has 0 saturated carbocycles. The molecule has 6 heteroatoms. The second-order valence-corrected chi connectivity index (χ2v) is 7.13. The van der Waals surface area contributed by atoms with E-state index in [4.69, 9.17) is 10.5 Å². The Labute approximate surface area is 155 Å². The average molecular weight is 353 g/mol. The van der Waals surface area contributed by atoms with Crippen LogP contribution in [0.2, 0.25) is 0 Å². The molecule has 6 nitrogen and oxygen atoms in total. The lowest BCUT2D eigenvalue weighted by molar-refractivity contribution is 0.193. The molecule has 4 rings (SSSR count). The highest BCUT2D eigenvalue weighted by Gasteiger charge is 2.23. The van der Waals surface area contributed by atoms with E-state index < -0.39 is 0 Å². The molecule has 138 valence electrons. The van der Waals surface area contributed by atoms with Crippen LogP contribution in [-0.4, -0.2) is 60.8 Å². The van der Waals surface area contributed by atoms with Crippen LogP contribution in [-0.2, 0) is 11.2 Å². The predicted molar refractivity (Wildman–Crippen MR) is 103 cm³/mol. The summed E-state index contributed by atoms with van der Waals surface area (Å²) in [5.74, 6) is 1.68. The van der Waals surface area contributed by atoms with Gasteiger partial charge in [0.15, 0.2) is 0 Å². The van der Waals surface area contributed by atoms with Crippen molar-refractivity contribution in [3.63, 3.8) is 0 Å². The molecule has 2 aliphatic rings. The van der Waals surface area contributed by atoms with Crippen molar-refractivity contribution in [2.45, 2.75) is 18.8 Å². The summed E-state index contributed by atoms with van der Waals surface area (Å²) < 4.78 is 5.49. The van der Waals surface area contributed by atoms with Crippen LogP contribution in [0.3, 0.4) is 0 Å². The molecule has 3 heterocycles. The van der Waals surface area contributed by atoms with Crippen molar-refractivity contribution < 1.29 is 4.74 Å². The highest BCUT2D eigenvalue weighted by Crippen LogP contribution is 2.27. The Hall–Kier alpha value is -2.18. The normalized spacial score (nSPS) is 21.2. The molecule has 1 aromatic heterocycles. The van der Waals surface area contributed by atoms with Gasteiger partial charge >= 0.3 is 0 Å². The van der Waals surface area contributed by atoms with E-state index in [-0.39, 0.29) is 0 Å². The molecule has 2 fully saturated rings. The van der Waals surface area contributed by atoms with Crippen molar-refractivity contribution in [1.82, 2.24) is 14.9 Å². The number of aromatic nitrogens is 2. The van der Waals surface area contributed by atoms with Crippen molar-refractivity contribution in [2.75, 3.05) is 56.6 Å². The molecule has 0 unspecified atom stereocenters. The zero-order chi connectivity index (χ0) is 17.8. The molecule has 26 heavy (non-hydrogen) atoms. The fourth-order valence-electron chi connectivity index (χ4n) is 3.74. The Bertz CT molecular complexity index is 709. The third-order valence-corrected chi connectivity index (χ3v) is 5.35. The Balaban J connectivity index is 1.34. The van der Waals surface area contributed by atoms with Crippen LogP contribution < -0.4 is 10.6 Å². The smallest absolute Gasteiger partial charge is 0.222 e. The Morgan fingerprint density at radius 1 is 1.08 bits per heavy atom. The number of piperazine rings is 1. The highest BCUT2D eigenvalue weighted by molar-refractivity contribution is 5.45. The van der Waals surface area contributed by atoms with Crippen LogP contribution in [0.25, 0.3) is 0 Å². The zero-order valence-corrected chi connectivity index (χ0v) is 15.2. The molecule has 2 saturated heterocycles. The number of hydrogen-bond acceptors (Lipinski definition) is 6. The summed E-state index contributed by atoms with van der Waals surface area (Å²) in [5, 5.41) is 0. The van der Waals surface area contributed by atoms with Crippen LogP contribution >= 0.6 is 0 Å². The molecule has 2 aromatic rings. The maximum Gasteiger partial charge on any atom is 0.222 e. The van der Waals surface area contributed by atoms with Crippen molar-refractivity contribution in [2.24, 2.45) is 0 Å². The van der Waals surface area contributed by atoms with Gasteiger partial charge in [-0.2, -0.15) is 4.98 Å². The maximum absolute atomic E-state index is 5.97. The van der Waals surface area contributed by atoms with E-state index in [0.717, 1.165) is 70.3 Å². The summed E-state index contributed by atoms with van der Waals surface area (Å²) in [7, 11) is 0. The number of ether oxygens (including phenoxy) is 1. The predicted octanol–water partition coefficient (Wildman–Crippen LogP) is 1.93. The van der Waals surface area contributed by atoms with Gasteiger partial charge in [-0.15, -0.1) is 0 Å². The molecule has 0 amide bonds. The molecular formula is C20H27N5O. The van der Waals surface area contributed by atoms with Gasteiger partial charge in [0, 0.05) is 51.3 Å². The monoisotopic (exact) mass is 353 g/mol. The van der Waals surface area contributed by atoms with Crippen LogP contribution in [0.5, 0.6) is 0 Å². The summed E-state index contributed by atoms with van der Waals surface area (Å²) in [6.45, 7) is 6.72. The topological polar surface area (TPSA) is 67.5 Å². The standard InChI is InChI=1S/C20H27N5O/c21-20-22-18(17-7-13-26-15-17)14-19(23-20)25-11-9-24(10-12-25)8-6-16-4-2-1-3-5-16/h1-5,14,17H,6-13,15H2,(H2,21,22,23)/t17-/m1/s1. The first-order chi connectivity index (χ1) is 12.8. The Kier molecular flexibility index (Phi) is 5.32. The van der Waals surface area contributed by atoms with Gasteiger partial charge in [-0.3, -0.25) is 4.90 Å². The number of nitrogens with two attached hydrogens (primary N) is 1. The molecule has 2 N–H and O–H groups in total. The van der Waals surface area contributed by atoms with Gasteiger partial charge in [-0.25, -0.2) is 4.98 Å². The van der Waals surface area contributed by atoms with Crippen LogP contribution in [0.15, 0.2) is 36.4 Å². The molecule has 2 aliphatic heterocycles. The number of hydrogen-bond donors (Lipinski definition) is 1. The lowest BCUT2D eigenvalue weighted by atomic mass is 10.0. The van der Waals surface area contributed by atoms with Gasteiger partial charge in [-0.05, 0) is 18.4 Å². The van der Waals surface area contributed by atoms with Crippen molar-refractivity contribution >= 4 is 11.8 Å². The minimum Gasteiger partial charge on any atom is -0.381 e.